The number of benzene rings is 1. The zero-order valence-electron chi connectivity index (χ0n) is 10.3. The predicted molar refractivity (Wildman–Crippen MR) is 67.5 cm³/mol. The molecule has 0 amide bonds. The third kappa shape index (κ3) is 2.38. The summed E-state index contributed by atoms with van der Waals surface area (Å²) in [5.41, 5.74) is 2.72. The second kappa shape index (κ2) is 4.17. The van der Waals surface area contributed by atoms with E-state index in [4.69, 9.17) is 5.73 Å². The van der Waals surface area contributed by atoms with Crippen LogP contribution in [0, 0.1) is 5.41 Å². The number of hydrogen-bond acceptors (Lipinski definition) is 2. The Balaban J connectivity index is 2.19. The monoisotopic (exact) mass is 275 g/mol. The van der Waals surface area contributed by atoms with E-state index in [1.165, 1.54) is 12.1 Å². The van der Waals surface area contributed by atoms with Crippen molar-refractivity contribution in [2.75, 3.05) is 6.54 Å². The summed E-state index contributed by atoms with van der Waals surface area (Å²) in [6.07, 6.45) is 0.988. The molecule has 1 atom stereocenters. The lowest BCUT2D eigenvalue weighted by molar-refractivity contribution is -0.0328. The van der Waals surface area contributed by atoms with Crippen molar-refractivity contribution in [2.45, 2.75) is 36.1 Å². The first-order valence-corrected chi connectivity index (χ1v) is 6.58. The Morgan fingerprint density at radius 2 is 1.72 bits per heavy atom. The molecule has 1 fully saturated rings. The maximum atomic E-state index is 12.2. The molecule has 1 aromatic carbocycles. The van der Waals surface area contributed by atoms with E-state index in [0.717, 1.165) is 12.0 Å². The highest BCUT2D eigenvalue weighted by Crippen LogP contribution is 2.63. The fourth-order valence-corrected chi connectivity index (χ4v) is 3.18. The first-order chi connectivity index (χ1) is 8.20. The molecule has 2 rings (SSSR count). The fraction of sp³-hybridized carbons (Fsp3) is 0.538. The molecule has 100 valence electrons. The maximum absolute atomic E-state index is 12.2. The molecule has 1 aliphatic carbocycles. The molecule has 0 aliphatic heterocycles. The molecule has 18 heavy (non-hydrogen) atoms. The molecule has 1 nitrogen and oxygen atoms in total. The SMILES string of the molecule is CC1(C)CC1(CN)c1ccc(SC(F)(F)F)cc1. The van der Waals surface area contributed by atoms with Crippen LogP contribution >= 0.6 is 11.8 Å². The first-order valence-electron chi connectivity index (χ1n) is 5.77. The van der Waals surface area contributed by atoms with Crippen molar-refractivity contribution in [3.63, 3.8) is 0 Å². The number of rotatable bonds is 3. The summed E-state index contributed by atoms with van der Waals surface area (Å²) in [7, 11) is 0. The topological polar surface area (TPSA) is 26.0 Å². The van der Waals surface area contributed by atoms with Gasteiger partial charge in [0.1, 0.15) is 0 Å². The number of hydrogen-bond donors (Lipinski definition) is 1. The number of alkyl halides is 3. The molecular weight excluding hydrogens is 259 g/mol. The predicted octanol–water partition coefficient (Wildman–Crippen LogP) is 3.92. The van der Waals surface area contributed by atoms with Crippen LogP contribution in [0.3, 0.4) is 0 Å². The third-order valence-electron chi connectivity index (χ3n) is 3.90. The van der Waals surface area contributed by atoms with Crippen molar-refractivity contribution in [1.29, 1.82) is 0 Å². The lowest BCUT2D eigenvalue weighted by Gasteiger charge is -2.19. The standard InChI is InChI=1S/C13H16F3NS/c1-11(2)7-12(11,8-17)9-3-5-10(6-4-9)18-13(14,15)16/h3-6H,7-8,17H2,1-2H3. The van der Waals surface area contributed by atoms with Crippen LogP contribution in [0.1, 0.15) is 25.8 Å². The molecule has 0 bridgehead atoms. The summed E-state index contributed by atoms with van der Waals surface area (Å²) < 4.78 is 36.7. The molecule has 1 unspecified atom stereocenters. The quantitative estimate of drug-likeness (QED) is 0.846. The minimum atomic E-state index is -4.23. The first kappa shape index (κ1) is 13.7. The van der Waals surface area contributed by atoms with Gasteiger partial charge in [0.15, 0.2) is 0 Å². The molecule has 0 aromatic heterocycles. The van der Waals surface area contributed by atoms with Crippen LogP contribution in [0.4, 0.5) is 13.2 Å². The van der Waals surface area contributed by atoms with Crippen LogP contribution in [-0.4, -0.2) is 12.1 Å². The second-order valence-corrected chi connectivity index (χ2v) is 6.56. The van der Waals surface area contributed by atoms with Crippen LogP contribution in [0.25, 0.3) is 0 Å². The lowest BCUT2D eigenvalue weighted by Crippen LogP contribution is -2.25. The Bertz CT molecular complexity index is 439. The molecule has 2 N–H and O–H groups in total. The van der Waals surface area contributed by atoms with E-state index in [0.29, 0.717) is 6.54 Å². The molecule has 0 radical (unpaired) electrons. The smallest absolute Gasteiger partial charge is 0.330 e. The Labute approximate surface area is 109 Å². The molecule has 0 spiro atoms. The Morgan fingerprint density at radius 1 is 1.22 bits per heavy atom. The van der Waals surface area contributed by atoms with Gasteiger partial charge in [-0.2, -0.15) is 13.2 Å². The van der Waals surface area contributed by atoms with Gasteiger partial charge < -0.3 is 5.73 Å². The van der Waals surface area contributed by atoms with Crippen molar-refractivity contribution in [3.8, 4) is 0 Å². The normalized spacial score (nSPS) is 26.1. The van der Waals surface area contributed by atoms with E-state index in [1.54, 1.807) is 12.1 Å². The van der Waals surface area contributed by atoms with Gasteiger partial charge >= 0.3 is 5.51 Å². The van der Waals surface area contributed by atoms with Crippen molar-refractivity contribution >= 4 is 11.8 Å². The zero-order chi connectivity index (χ0) is 13.6. The minimum Gasteiger partial charge on any atom is -0.330 e. The van der Waals surface area contributed by atoms with E-state index in [1.807, 2.05) is 0 Å². The van der Waals surface area contributed by atoms with Crippen molar-refractivity contribution < 1.29 is 13.2 Å². The van der Waals surface area contributed by atoms with Gasteiger partial charge in [0.05, 0.1) is 0 Å². The summed E-state index contributed by atoms with van der Waals surface area (Å²) >= 11 is -0.0833. The summed E-state index contributed by atoms with van der Waals surface area (Å²) in [5, 5.41) is 0. The van der Waals surface area contributed by atoms with E-state index < -0.39 is 5.51 Å². The number of halogens is 3. The zero-order valence-corrected chi connectivity index (χ0v) is 11.2. The largest absolute Gasteiger partial charge is 0.446 e. The molecule has 1 saturated carbocycles. The minimum absolute atomic E-state index is 0.0611. The molecular formula is C13H16F3NS. The highest BCUT2D eigenvalue weighted by atomic mass is 32.2. The number of thioether (sulfide) groups is 1. The van der Waals surface area contributed by atoms with E-state index >= 15 is 0 Å². The van der Waals surface area contributed by atoms with Crippen LogP contribution in [0.15, 0.2) is 29.2 Å². The van der Waals surface area contributed by atoms with Crippen molar-refractivity contribution in [1.82, 2.24) is 0 Å². The molecule has 1 aliphatic rings. The summed E-state index contributed by atoms with van der Waals surface area (Å²) in [4.78, 5) is 0.219. The van der Waals surface area contributed by atoms with Gasteiger partial charge in [0, 0.05) is 16.9 Å². The van der Waals surface area contributed by atoms with E-state index in [9.17, 15) is 13.2 Å². The molecule has 5 heteroatoms. The van der Waals surface area contributed by atoms with Gasteiger partial charge in [0.25, 0.3) is 0 Å². The average molecular weight is 275 g/mol. The molecule has 0 saturated heterocycles. The van der Waals surface area contributed by atoms with Gasteiger partial charge in [-0.1, -0.05) is 26.0 Å². The van der Waals surface area contributed by atoms with Gasteiger partial charge in [-0.25, -0.2) is 0 Å². The second-order valence-electron chi connectivity index (χ2n) is 5.42. The van der Waals surface area contributed by atoms with Gasteiger partial charge in [-0.15, -0.1) is 0 Å². The Kier molecular flexibility index (Phi) is 3.18. The highest BCUT2D eigenvalue weighted by molar-refractivity contribution is 8.00. The van der Waals surface area contributed by atoms with Crippen molar-refractivity contribution in [2.24, 2.45) is 11.1 Å². The van der Waals surface area contributed by atoms with Gasteiger partial charge in [0.2, 0.25) is 0 Å². The maximum Gasteiger partial charge on any atom is 0.446 e. The average Bonchev–Trinajstić information content (AvgIpc) is 2.81. The van der Waals surface area contributed by atoms with Crippen LogP contribution in [0.5, 0.6) is 0 Å². The van der Waals surface area contributed by atoms with Crippen LogP contribution < -0.4 is 5.73 Å². The molecule has 1 aromatic rings. The molecule has 0 heterocycles. The fourth-order valence-electron chi connectivity index (χ4n) is 2.65. The summed E-state index contributed by atoms with van der Waals surface area (Å²) in [6.45, 7) is 4.81. The van der Waals surface area contributed by atoms with Gasteiger partial charge in [-0.05, 0) is 41.3 Å². The van der Waals surface area contributed by atoms with Crippen molar-refractivity contribution in [3.05, 3.63) is 29.8 Å². The summed E-state index contributed by atoms with van der Waals surface area (Å²) in [5.74, 6) is 0. The van der Waals surface area contributed by atoms with Crippen LogP contribution in [-0.2, 0) is 5.41 Å². The highest BCUT2D eigenvalue weighted by Gasteiger charge is 2.60. The third-order valence-corrected chi connectivity index (χ3v) is 4.64. The number of nitrogens with two attached hydrogens (primary N) is 1. The van der Waals surface area contributed by atoms with E-state index in [2.05, 4.69) is 13.8 Å². The lowest BCUT2D eigenvalue weighted by atomic mass is 9.88. The Morgan fingerprint density at radius 3 is 2.06 bits per heavy atom. The Hall–Kier alpha value is -0.680. The van der Waals surface area contributed by atoms with E-state index in [-0.39, 0.29) is 27.5 Å². The van der Waals surface area contributed by atoms with Gasteiger partial charge in [-0.3, -0.25) is 0 Å². The summed E-state index contributed by atoms with van der Waals surface area (Å²) in [6, 6.07) is 6.60. The van der Waals surface area contributed by atoms with Crippen LogP contribution in [0.2, 0.25) is 0 Å².